The molecule has 0 bridgehead atoms. The van der Waals surface area contributed by atoms with Crippen LogP contribution in [0, 0.1) is 17.8 Å². The zero-order valence-electron chi connectivity index (χ0n) is 15.0. The van der Waals surface area contributed by atoms with Gasteiger partial charge in [-0.2, -0.15) is 0 Å². The first-order valence-corrected chi connectivity index (χ1v) is 9.51. The highest BCUT2D eigenvalue weighted by atomic mass is 14.9. The summed E-state index contributed by atoms with van der Waals surface area (Å²) in [6.45, 7) is 10.8. The van der Waals surface area contributed by atoms with Gasteiger partial charge in [0.1, 0.15) is 0 Å². The van der Waals surface area contributed by atoms with Gasteiger partial charge < -0.3 is 5.32 Å². The topological polar surface area (TPSA) is 12.0 Å². The molecule has 124 valence electrons. The van der Waals surface area contributed by atoms with E-state index in [1.54, 1.807) is 0 Å². The molecule has 1 fully saturated rings. The van der Waals surface area contributed by atoms with Crippen molar-refractivity contribution in [1.29, 1.82) is 0 Å². The van der Waals surface area contributed by atoms with Crippen molar-refractivity contribution in [3.8, 4) is 0 Å². The zero-order valence-corrected chi connectivity index (χ0v) is 15.0. The predicted octanol–water partition coefficient (Wildman–Crippen LogP) is 5.95. The van der Waals surface area contributed by atoms with Crippen LogP contribution in [0.15, 0.2) is 12.2 Å². The number of rotatable bonds is 3. The molecule has 0 aromatic rings. The van der Waals surface area contributed by atoms with Crippen LogP contribution in [0.3, 0.4) is 0 Å². The summed E-state index contributed by atoms with van der Waals surface area (Å²) in [4.78, 5) is 0. The van der Waals surface area contributed by atoms with Crippen molar-refractivity contribution >= 4 is 0 Å². The van der Waals surface area contributed by atoms with E-state index in [0.29, 0.717) is 6.04 Å². The van der Waals surface area contributed by atoms with E-state index < -0.39 is 0 Å². The second kappa shape index (κ2) is 11.3. The molecule has 1 aliphatic rings. The van der Waals surface area contributed by atoms with Gasteiger partial charge in [-0.15, -0.1) is 0 Å². The van der Waals surface area contributed by atoms with Crippen LogP contribution in [0.5, 0.6) is 0 Å². The van der Waals surface area contributed by atoms with Crippen LogP contribution in [0.4, 0.5) is 0 Å². The molecule has 1 aliphatic heterocycles. The highest BCUT2D eigenvalue weighted by molar-refractivity contribution is 4.84. The number of hydrogen-bond donors (Lipinski definition) is 1. The van der Waals surface area contributed by atoms with Gasteiger partial charge in [0.25, 0.3) is 0 Å². The van der Waals surface area contributed by atoms with Crippen LogP contribution in [0.25, 0.3) is 0 Å². The Balaban J connectivity index is 2.56. The fourth-order valence-electron chi connectivity index (χ4n) is 3.68. The summed E-state index contributed by atoms with van der Waals surface area (Å²) in [5, 5.41) is 3.71. The quantitative estimate of drug-likeness (QED) is 0.634. The molecule has 1 heteroatoms. The smallest absolute Gasteiger partial charge is 0.00413 e. The van der Waals surface area contributed by atoms with E-state index in [9.17, 15) is 0 Å². The van der Waals surface area contributed by atoms with Crippen molar-refractivity contribution in [1.82, 2.24) is 5.32 Å². The Morgan fingerprint density at radius 2 is 1.62 bits per heavy atom. The lowest BCUT2D eigenvalue weighted by Gasteiger charge is -2.27. The van der Waals surface area contributed by atoms with Gasteiger partial charge in [-0.1, -0.05) is 58.6 Å². The van der Waals surface area contributed by atoms with E-state index in [-0.39, 0.29) is 0 Å². The van der Waals surface area contributed by atoms with Crippen LogP contribution < -0.4 is 5.32 Å². The van der Waals surface area contributed by atoms with Crippen LogP contribution >= 0.6 is 0 Å². The molecule has 1 nitrogen and oxygen atoms in total. The van der Waals surface area contributed by atoms with Crippen molar-refractivity contribution in [2.24, 2.45) is 17.8 Å². The molecule has 1 N–H and O–H groups in total. The minimum Gasteiger partial charge on any atom is -0.314 e. The van der Waals surface area contributed by atoms with E-state index in [1.807, 2.05) is 0 Å². The van der Waals surface area contributed by atoms with Gasteiger partial charge >= 0.3 is 0 Å². The third-order valence-electron chi connectivity index (χ3n) is 5.31. The normalized spacial score (nSPS) is 34.1. The molecule has 21 heavy (non-hydrogen) atoms. The summed E-state index contributed by atoms with van der Waals surface area (Å²) < 4.78 is 0. The lowest BCUT2D eigenvalue weighted by Crippen LogP contribution is -2.30. The second-order valence-corrected chi connectivity index (χ2v) is 7.47. The minimum absolute atomic E-state index is 0.682. The van der Waals surface area contributed by atoms with E-state index in [4.69, 9.17) is 0 Å². The Hall–Kier alpha value is -0.300. The number of hydrogen-bond acceptors (Lipinski definition) is 1. The highest BCUT2D eigenvalue weighted by Gasteiger charge is 2.19. The van der Waals surface area contributed by atoms with Gasteiger partial charge in [-0.05, 0) is 63.3 Å². The van der Waals surface area contributed by atoms with Crippen LogP contribution in [-0.2, 0) is 0 Å². The summed E-state index contributed by atoms with van der Waals surface area (Å²) in [6, 6.07) is 0.682. The van der Waals surface area contributed by atoms with Gasteiger partial charge in [-0.25, -0.2) is 0 Å². The lowest BCUT2D eigenvalue weighted by molar-refractivity contribution is 0.263. The summed E-state index contributed by atoms with van der Waals surface area (Å²) in [5.74, 6) is 2.61. The van der Waals surface area contributed by atoms with E-state index in [0.717, 1.165) is 17.8 Å². The zero-order chi connectivity index (χ0) is 15.5. The predicted molar refractivity (Wildman–Crippen MR) is 95.6 cm³/mol. The molecule has 0 saturated carbocycles. The molecule has 1 saturated heterocycles. The molecule has 0 radical (unpaired) electrons. The SMILES string of the molecule is CC/C=C\CC1CCCCCCN[C@@H](C)C[C@@H](C)[C@H](C)C1. The molecule has 0 aromatic carbocycles. The first-order valence-electron chi connectivity index (χ1n) is 9.51. The maximum atomic E-state index is 3.71. The number of allylic oxidation sites excluding steroid dienone is 2. The minimum atomic E-state index is 0.682. The molecule has 1 rings (SSSR count). The molecule has 1 unspecified atom stereocenters. The Labute approximate surface area is 134 Å². The molecule has 0 aromatic heterocycles. The fraction of sp³-hybridized carbons (Fsp3) is 0.900. The average Bonchev–Trinajstić information content (AvgIpc) is 2.46. The Kier molecular flexibility index (Phi) is 10.1. The van der Waals surface area contributed by atoms with Gasteiger partial charge in [0.15, 0.2) is 0 Å². The monoisotopic (exact) mass is 293 g/mol. The van der Waals surface area contributed by atoms with Crippen molar-refractivity contribution < 1.29 is 0 Å². The van der Waals surface area contributed by atoms with Gasteiger partial charge in [0.05, 0.1) is 0 Å². The van der Waals surface area contributed by atoms with E-state index in [1.165, 1.54) is 64.3 Å². The highest BCUT2D eigenvalue weighted by Crippen LogP contribution is 2.29. The van der Waals surface area contributed by atoms with Crippen molar-refractivity contribution in [2.75, 3.05) is 6.54 Å². The summed E-state index contributed by atoms with van der Waals surface area (Å²) in [5.41, 5.74) is 0. The third-order valence-corrected chi connectivity index (χ3v) is 5.31. The first kappa shape index (κ1) is 18.7. The molecule has 1 heterocycles. The van der Waals surface area contributed by atoms with Crippen LogP contribution in [0.1, 0.15) is 85.5 Å². The summed E-state index contributed by atoms with van der Waals surface area (Å²) in [7, 11) is 0. The molecular weight excluding hydrogens is 254 g/mol. The van der Waals surface area contributed by atoms with E-state index in [2.05, 4.69) is 45.2 Å². The average molecular weight is 294 g/mol. The third kappa shape index (κ3) is 8.66. The Morgan fingerprint density at radius 1 is 0.905 bits per heavy atom. The van der Waals surface area contributed by atoms with Crippen molar-refractivity contribution in [2.45, 2.75) is 91.5 Å². The molecule has 0 aliphatic carbocycles. The maximum absolute atomic E-state index is 3.71. The van der Waals surface area contributed by atoms with E-state index >= 15 is 0 Å². The standard InChI is InChI=1S/C20H39N/c1-5-6-9-12-20-13-10-7-8-11-14-21-19(4)15-17(2)18(3)16-20/h6,9,17-21H,5,7-8,10-16H2,1-4H3/b9-6-/t17-,18-,19+,20?/m1/s1. The van der Waals surface area contributed by atoms with Gasteiger partial charge in [-0.3, -0.25) is 0 Å². The molecule has 4 atom stereocenters. The van der Waals surface area contributed by atoms with Crippen molar-refractivity contribution in [3.63, 3.8) is 0 Å². The maximum Gasteiger partial charge on any atom is 0.00413 e. The van der Waals surface area contributed by atoms with Gasteiger partial charge in [0.2, 0.25) is 0 Å². The largest absolute Gasteiger partial charge is 0.314 e. The lowest BCUT2D eigenvalue weighted by atomic mass is 9.81. The molecule has 0 spiro atoms. The van der Waals surface area contributed by atoms with Crippen LogP contribution in [0.2, 0.25) is 0 Å². The Bertz CT molecular complexity index is 271. The fourth-order valence-corrected chi connectivity index (χ4v) is 3.68. The summed E-state index contributed by atoms with van der Waals surface area (Å²) >= 11 is 0. The second-order valence-electron chi connectivity index (χ2n) is 7.47. The van der Waals surface area contributed by atoms with Crippen molar-refractivity contribution in [3.05, 3.63) is 12.2 Å². The summed E-state index contributed by atoms with van der Waals surface area (Å²) in [6.07, 6.45) is 17.1. The molecule has 0 amide bonds. The Morgan fingerprint density at radius 3 is 2.38 bits per heavy atom. The first-order chi connectivity index (χ1) is 10.1. The number of nitrogens with one attached hydrogen (secondary N) is 1. The van der Waals surface area contributed by atoms with Gasteiger partial charge in [0, 0.05) is 6.04 Å². The molecular formula is C20H39N. The van der Waals surface area contributed by atoms with Crippen LogP contribution in [-0.4, -0.2) is 12.6 Å².